The molecule has 2 fully saturated rings. The van der Waals surface area contributed by atoms with Crippen molar-refractivity contribution in [3.63, 3.8) is 0 Å². The summed E-state index contributed by atoms with van der Waals surface area (Å²) in [6.45, 7) is 9.04. The van der Waals surface area contributed by atoms with E-state index in [0.29, 0.717) is 6.04 Å². The lowest BCUT2D eigenvalue weighted by Gasteiger charge is -2.47. The summed E-state index contributed by atoms with van der Waals surface area (Å²) in [7, 11) is 0. The Morgan fingerprint density at radius 2 is 2.03 bits per heavy atom. The van der Waals surface area contributed by atoms with Gasteiger partial charge >= 0.3 is 0 Å². The first kappa shape index (κ1) is 23.9. The summed E-state index contributed by atoms with van der Waals surface area (Å²) < 4.78 is 24.6. The number of benzene rings is 2. The molecular formula is C27H32FN5OS. The Balaban J connectivity index is 1.37. The van der Waals surface area contributed by atoms with Crippen molar-refractivity contribution in [1.29, 1.82) is 0 Å². The Labute approximate surface area is 211 Å². The number of hydrogen-bond acceptors (Lipinski definition) is 7. The van der Waals surface area contributed by atoms with E-state index < -0.39 is 0 Å². The van der Waals surface area contributed by atoms with Crippen LogP contribution < -0.4 is 13.3 Å². The van der Waals surface area contributed by atoms with Gasteiger partial charge in [-0.1, -0.05) is 18.2 Å². The highest BCUT2D eigenvalue weighted by atomic mass is 32.2. The first-order valence-corrected chi connectivity index (χ1v) is 12.9. The predicted molar refractivity (Wildman–Crippen MR) is 140 cm³/mol. The Bertz CT molecular complexity index is 1150. The zero-order valence-corrected chi connectivity index (χ0v) is 21.3. The summed E-state index contributed by atoms with van der Waals surface area (Å²) in [5, 5.41) is 0. The van der Waals surface area contributed by atoms with Gasteiger partial charge in [0.05, 0.1) is 42.2 Å². The van der Waals surface area contributed by atoms with Crippen LogP contribution in [0.25, 0.3) is 0 Å². The number of ether oxygens (including phenoxy) is 1. The van der Waals surface area contributed by atoms with Gasteiger partial charge in [0, 0.05) is 31.5 Å². The number of aromatic nitrogens is 2. The minimum absolute atomic E-state index is 0.130. The molecule has 1 aromatic heterocycles. The highest BCUT2D eigenvalue weighted by Gasteiger charge is 2.50. The standard InChI is InChI=1S/C27H32FN5OS/c1-20(2)34-25-9-4-6-22(14-25)18-31-13-10-27(16-21(31)3)19-32(26-17-29-11-12-30-26)35-33(27)24-8-5-7-23(28)15-24/h4-9,11-12,14-15,17,20-21H,10,13,16,18-19H2,1-3H3/t21-,27+/m0/s1. The summed E-state index contributed by atoms with van der Waals surface area (Å²) in [4.78, 5) is 11.3. The van der Waals surface area contributed by atoms with Crippen LogP contribution in [-0.4, -0.2) is 45.6 Å². The molecule has 0 radical (unpaired) electrons. The summed E-state index contributed by atoms with van der Waals surface area (Å²) in [5.41, 5.74) is 2.02. The Hall–Kier alpha value is -2.84. The molecule has 2 saturated heterocycles. The van der Waals surface area contributed by atoms with E-state index in [4.69, 9.17) is 4.74 Å². The first-order chi connectivity index (χ1) is 16.9. The molecule has 0 unspecified atom stereocenters. The third kappa shape index (κ3) is 5.23. The molecule has 0 saturated carbocycles. The number of rotatable bonds is 6. The molecule has 0 aliphatic carbocycles. The maximum absolute atomic E-state index is 14.2. The molecule has 8 heteroatoms. The lowest BCUT2D eigenvalue weighted by Crippen LogP contribution is -2.56. The quantitative estimate of drug-likeness (QED) is 0.407. The molecular weight excluding hydrogens is 461 g/mol. The fraction of sp³-hybridized carbons (Fsp3) is 0.407. The smallest absolute Gasteiger partial charge is 0.158 e. The SMILES string of the molecule is CC(C)Oc1cccc(CN2CC[C@@]3(C[C@@H]2C)CN(c2cnccn2)SN3c2cccc(F)c2)c1. The zero-order chi connectivity index (χ0) is 24.4. The molecule has 0 N–H and O–H groups in total. The molecule has 3 aromatic rings. The van der Waals surface area contributed by atoms with Gasteiger partial charge in [-0.15, -0.1) is 0 Å². The third-order valence-electron chi connectivity index (χ3n) is 6.72. The van der Waals surface area contributed by atoms with Crippen molar-refractivity contribution in [2.75, 3.05) is 21.7 Å². The van der Waals surface area contributed by atoms with Crippen molar-refractivity contribution in [1.82, 2.24) is 14.9 Å². The molecule has 2 aromatic carbocycles. The second-order valence-electron chi connectivity index (χ2n) is 9.77. The van der Waals surface area contributed by atoms with Crippen molar-refractivity contribution in [3.8, 4) is 5.75 Å². The molecule has 0 amide bonds. The predicted octanol–water partition coefficient (Wildman–Crippen LogP) is 5.72. The van der Waals surface area contributed by atoms with Crippen LogP contribution in [0.5, 0.6) is 5.75 Å². The number of halogens is 1. The normalized spacial score (nSPS) is 22.8. The van der Waals surface area contributed by atoms with Crippen LogP contribution in [0.3, 0.4) is 0 Å². The second kappa shape index (κ2) is 10.0. The molecule has 1 spiro atoms. The van der Waals surface area contributed by atoms with Gasteiger partial charge in [-0.2, -0.15) is 0 Å². The molecule has 5 rings (SSSR count). The van der Waals surface area contributed by atoms with E-state index in [1.807, 2.05) is 26.0 Å². The van der Waals surface area contributed by atoms with Crippen molar-refractivity contribution in [2.45, 2.75) is 57.8 Å². The Morgan fingerprint density at radius 3 is 2.77 bits per heavy atom. The Kier molecular flexibility index (Phi) is 6.84. The molecule has 3 heterocycles. The molecule has 2 aliphatic rings. The largest absolute Gasteiger partial charge is 0.491 e. The summed E-state index contributed by atoms with van der Waals surface area (Å²) in [6.07, 6.45) is 7.29. The van der Waals surface area contributed by atoms with Gasteiger partial charge < -0.3 is 4.74 Å². The highest BCUT2D eigenvalue weighted by Crippen LogP contribution is 2.48. The van der Waals surface area contributed by atoms with Crippen molar-refractivity contribution < 1.29 is 9.13 Å². The number of nitrogens with zero attached hydrogens (tertiary/aromatic N) is 5. The third-order valence-corrected chi connectivity index (χ3v) is 7.99. The van der Waals surface area contributed by atoms with Crippen molar-refractivity contribution in [3.05, 3.63) is 78.5 Å². The summed E-state index contributed by atoms with van der Waals surface area (Å²) >= 11 is 1.61. The van der Waals surface area contributed by atoms with Crippen LogP contribution in [0, 0.1) is 5.82 Å². The minimum atomic E-state index is -0.217. The lowest BCUT2D eigenvalue weighted by molar-refractivity contribution is 0.107. The van der Waals surface area contributed by atoms with E-state index >= 15 is 0 Å². The van der Waals surface area contributed by atoms with Gasteiger partial charge in [-0.3, -0.25) is 18.5 Å². The van der Waals surface area contributed by atoms with Crippen LogP contribution in [0.4, 0.5) is 15.9 Å². The molecule has 6 nitrogen and oxygen atoms in total. The fourth-order valence-electron chi connectivity index (χ4n) is 5.15. The van der Waals surface area contributed by atoms with Crippen molar-refractivity contribution in [2.24, 2.45) is 0 Å². The molecule has 184 valence electrons. The van der Waals surface area contributed by atoms with Crippen LogP contribution >= 0.6 is 12.1 Å². The van der Waals surface area contributed by atoms with Crippen LogP contribution in [-0.2, 0) is 6.54 Å². The van der Waals surface area contributed by atoms with Crippen LogP contribution in [0.15, 0.2) is 67.1 Å². The van der Waals surface area contributed by atoms with E-state index in [1.54, 1.807) is 42.9 Å². The van der Waals surface area contributed by atoms with E-state index in [-0.39, 0.29) is 17.5 Å². The topological polar surface area (TPSA) is 44.7 Å². The summed E-state index contributed by atoms with van der Waals surface area (Å²) in [5.74, 6) is 1.53. The Morgan fingerprint density at radius 1 is 1.17 bits per heavy atom. The number of hydrogen-bond donors (Lipinski definition) is 0. The lowest BCUT2D eigenvalue weighted by atomic mass is 9.82. The summed E-state index contributed by atoms with van der Waals surface area (Å²) in [6, 6.07) is 15.7. The van der Waals surface area contributed by atoms with Crippen LogP contribution in [0.2, 0.25) is 0 Å². The van der Waals surface area contributed by atoms with E-state index in [2.05, 4.69) is 48.6 Å². The number of anilines is 2. The van der Waals surface area contributed by atoms with Gasteiger partial charge in [0.25, 0.3) is 0 Å². The van der Waals surface area contributed by atoms with Crippen molar-refractivity contribution >= 4 is 23.6 Å². The van der Waals surface area contributed by atoms with Gasteiger partial charge in [0.2, 0.25) is 0 Å². The average Bonchev–Trinajstić information content (AvgIpc) is 3.20. The van der Waals surface area contributed by atoms with E-state index in [1.165, 1.54) is 11.6 Å². The molecule has 35 heavy (non-hydrogen) atoms. The molecule has 0 bridgehead atoms. The van der Waals surface area contributed by atoms with E-state index in [9.17, 15) is 4.39 Å². The molecule has 2 aliphatic heterocycles. The van der Waals surface area contributed by atoms with Gasteiger partial charge in [0.15, 0.2) is 5.82 Å². The van der Waals surface area contributed by atoms with Gasteiger partial charge in [0.1, 0.15) is 11.6 Å². The number of likely N-dealkylation sites (tertiary alicyclic amines) is 1. The molecule has 2 atom stereocenters. The van der Waals surface area contributed by atoms with Crippen LogP contribution in [0.1, 0.15) is 39.2 Å². The average molecular weight is 494 g/mol. The first-order valence-electron chi connectivity index (χ1n) is 12.2. The zero-order valence-electron chi connectivity index (χ0n) is 20.5. The maximum atomic E-state index is 14.2. The number of piperidine rings is 1. The maximum Gasteiger partial charge on any atom is 0.158 e. The fourth-order valence-corrected chi connectivity index (χ4v) is 6.43. The second-order valence-corrected chi connectivity index (χ2v) is 10.7. The minimum Gasteiger partial charge on any atom is -0.491 e. The van der Waals surface area contributed by atoms with E-state index in [0.717, 1.165) is 49.7 Å². The highest BCUT2D eigenvalue weighted by molar-refractivity contribution is 8.02. The van der Waals surface area contributed by atoms with Gasteiger partial charge in [-0.25, -0.2) is 9.37 Å². The van der Waals surface area contributed by atoms with Gasteiger partial charge in [-0.05, 0) is 69.5 Å². The monoisotopic (exact) mass is 493 g/mol.